The second-order valence-corrected chi connectivity index (χ2v) is 5.47. The summed E-state index contributed by atoms with van der Waals surface area (Å²) in [6.07, 6.45) is 0.612. The van der Waals surface area contributed by atoms with Gasteiger partial charge in [-0.3, -0.25) is 9.59 Å². The van der Waals surface area contributed by atoms with Gasteiger partial charge in [-0.05, 0) is 30.4 Å². The number of rotatable bonds is 7. The van der Waals surface area contributed by atoms with Crippen LogP contribution in [0.15, 0.2) is 18.2 Å². The highest BCUT2D eigenvalue weighted by atomic mass is 19.1. The number of halogens is 1. The Bertz CT molecular complexity index is 516. The molecular formula is C15H20FNO4. The van der Waals surface area contributed by atoms with Crippen molar-refractivity contribution in [2.75, 3.05) is 6.54 Å². The number of carboxylic acid groups (broad SMARTS) is 1. The van der Waals surface area contributed by atoms with E-state index in [0.29, 0.717) is 12.3 Å². The molecule has 0 aliphatic heterocycles. The van der Waals surface area contributed by atoms with Gasteiger partial charge in [-0.1, -0.05) is 13.8 Å². The maximum Gasteiger partial charge on any atom is 0.303 e. The third kappa shape index (κ3) is 5.81. The van der Waals surface area contributed by atoms with Crippen molar-refractivity contribution in [3.05, 3.63) is 29.6 Å². The number of nitrogens with one attached hydrogen (secondary N) is 1. The third-order valence-corrected chi connectivity index (χ3v) is 3.02. The maximum atomic E-state index is 13.5. The van der Waals surface area contributed by atoms with E-state index in [9.17, 15) is 14.0 Å². The number of phenolic OH excluding ortho intramolecular Hbond substituents is 1. The highest BCUT2D eigenvalue weighted by molar-refractivity contribution is 5.94. The quantitative estimate of drug-likeness (QED) is 0.721. The smallest absolute Gasteiger partial charge is 0.303 e. The average molecular weight is 297 g/mol. The molecule has 5 nitrogen and oxygen atoms in total. The third-order valence-electron chi connectivity index (χ3n) is 3.02. The maximum absolute atomic E-state index is 13.5. The molecule has 1 atom stereocenters. The van der Waals surface area contributed by atoms with Crippen LogP contribution in [0.5, 0.6) is 5.75 Å². The molecule has 6 heteroatoms. The van der Waals surface area contributed by atoms with E-state index in [2.05, 4.69) is 5.32 Å². The second kappa shape index (κ2) is 7.61. The number of carbonyl (C=O) groups excluding carboxylic acids is 1. The zero-order valence-corrected chi connectivity index (χ0v) is 12.1. The van der Waals surface area contributed by atoms with Gasteiger partial charge in [0.1, 0.15) is 11.6 Å². The fraction of sp³-hybridized carbons (Fsp3) is 0.467. The summed E-state index contributed by atoms with van der Waals surface area (Å²) in [7, 11) is 0. The molecule has 1 rings (SSSR count). The van der Waals surface area contributed by atoms with Crippen molar-refractivity contribution < 1.29 is 24.2 Å². The molecule has 1 aromatic carbocycles. The predicted molar refractivity (Wildman–Crippen MR) is 75.6 cm³/mol. The molecule has 0 bridgehead atoms. The number of aromatic hydroxyl groups is 1. The Hall–Kier alpha value is -2.11. The molecule has 0 radical (unpaired) electrons. The fourth-order valence-electron chi connectivity index (χ4n) is 2.17. The van der Waals surface area contributed by atoms with Gasteiger partial charge in [0, 0.05) is 19.0 Å². The minimum absolute atomic E-state index is 0.0451. The first-order valence-corrected chi connectivity index (χ1v) is 6.78. The molecule has 0 heterocycles. The van der Waals surface area contributed by atoms with Crippen LogP contribution >= 0.6 is 0 Å². The van der Waals surface area contributed by atoms with Crippen molar-refractivity contribution >= 4 is 11.9 Å². The zero-order chi connectivity index (χ0) is 16.0. The summed E-state index contributed by atoms with van der Waals surface area (Å²) < 4.78 is 13.5. The SMILES string of the molecule is CC(C)C[C@H](CNC(=O)c1ccc(O)cc1F)CC(=O)O. The molecule has 3 N–H and O–H groups in total. The lowest BCUT2D eigenvalue weighted by atomic mass is 9.94. The summed E-state index contributed by atoms with van der Waals surface area (Å²) in [6, 6.07) is 3.27. The number of hydrogen-bond acceptors (Lipinski definition) is 3. The summed E-state index contributed by atoms with van der Waals surface area (Å²) in [6.45, 7) is 4.11. The summed E-state index contributed by atoms with van der Waals surface area (Å²) in [5.74, 6) is -2.51. The summed E-state index contributed by atoms with van der Waals surface area (Å²) in [4.78, 5) is 22.7. The molecule has 1 aromatic rings. The molecular weight excluding hydrogens is 277 g/mol. The molecule has 0 spiro atoms. The molecule has 21 heavy (non-hydrogen) atoms. The van der Waals surface area contributed by atoms with E-state index in [1.807, 2.05) is 13.8 Å². The second-order valence-electron chi connectivity index (χ2n) is 5.47. The van der Waals surface area contributed by atoms with Gasteiger partial charge in [0.2, 0.25) is 0 Å². The van der Waals surface area contributed by atoms with E-state index in [1.54, 1.807) is 0 Å². The average Bonchev–Trinajstić information content (AvgIpc) is 2.34. The normalized spacial score (nSPS) is 12.2. The van der Waals surface area contributed by atoms with Crippen molar-refractivity contribution in [3.8, 4) is 5.75 Å². The van der Waals surface area contributed by atoms with Crippen molar-refractivity contribution in [2.45, 2.75) is 26.7 Å². The Morgan fingerprint density at radius 1 is 1.33 bits per heavy atom. The van der Waals surface area contributed by atoms with Crippen LogP contribution in [-0.4, -0.2) is 28.6 Å². The lowest BCUT2D eigenvalue weighted by Crippen LogP contribution is -2.31. The van der Waals surface area contributed by atoms with Gasteiger partial charge in [-0.15, -0.1) is 0 Å². The van der Waals surface area contributed by atoms with Crippen molar-refractivity contribution in [2.24, 2.45) is 11.8 Å². The van der Waals surface area contributed by atoms with Gasteiger partial charge in [-0.2, -0.15) is 0 Å². The molecule has 0 unspecified atom stereocenters. The first kappa shape index (κ1) is 16.9. The number of carboxylic acids is 1. The van der Waals surface area contributed by atoms with Crippen LogP contribution in [0.25, 0.3) is 0 Å². The molecule has 0 aliphatic rings. The Morgan fingerprint density at radius 2 is 2.00 bits per heavy atom. The van der Waals surface area contributed by atoms with E-state index < -0.39 is 17.7 Å². The molecule has 1 amide bonds. The van der Waals surface area contributed by atoms with E-state index in [4.69, 9.17) is 10.2 Å². The Kier molecular flexibility index (Phi) is 6.14. The first-order chi connectivity index (χ1) is 9.79. The molecule has 116 valence electrons. The van der Waals surface area contributed by atoms with Gasteiger partial charge >= 0.3 is 5.97 Å². The van der Waals surface area contributed by atoms with Gasteiger partial charge in [-0.25, -0.2) is 4.39 Å². The van der Waals surface area contributed by atoms with Crippen molar-refractivity contribution in [3.63, 3.8) is 0 Å². The van der Waals surface area contributed by atoms with Crippen LogP contribution in [0.2, 0.25) is 0 Å². The van der Waals surface area contributed by atoms with Crippen molar-refractivity contribution in [1.29, 1.82) is 0 Å². The summed E-state index contributed by atoms with van der Waals surface area (Å²) in [5, 5.41) is 20.5. The van der Waals surface area contributed by atoms with Gasteiger partial charge < -0.3 is 15.5 Å². The van der Waals surface area contributed by atoms with Crippen LogP contribution < -0.4 is 5.32 Å². The van der Waals surface area contributed by atoms with Gasteiger partial charge in [0.15, 0.2) is 0 Å². The van der Waals surface area contributed by atoms with Crippen LogP contribution in [0.1, 0.15) is 37.0 Å². The van der Waals surface area contributed by atoms with Crippen LogP contribution in [-0.2, 0) is 4.79 Å². The van der Waals surface area contributed by atoms with Gasteiger partial charge in [0.25, 0.3) is 5.91 Å². The van der Waals surface area contributed by atoms with E-state index in [1.165, 1.54) is 12.1 Å². The largest absolute Gasteiger partial charge is 0.508 e. The minimum Gasteiger partial charge on any atom is -0.508 e. The summed E-state index contributed by atoms with van der Waals surface area (Å²) in [5.41, 5.74) is -0.175. The molecule has 0 saturated carbocycles. The van der Waals surface area contributed by atoms with Crippen LogP contribution in [0, 0.1) is 17.7 Å². The van der Waals surface area contributed by atoms with E-state index in [0.717, 1.165) is 6.07 Å². The zero-order valence-electron chi connectivity index (χ0n) is 12.1. The molecule has 0 aromatic heterocycles. The van der Waals surface area contributed by atoms with Crippen LogP contribution in [0.3, 0.4) is 0 Å². The highest BCUT2D eigenvalue weighted by Gasteiger charge is 2.18. The summed E-state index contributed by atoms with van der Waals surface area (Å²) >= 11 is 0. The van der Waals surface area contributed by atoms with Crippen molar-refractivity contribution in [1.82, 2.24) is 5.32 Å². The van der Waals surface area contributed by atoms with Gasteiger partial charge in [0.05, 0.1) is 5.56 Å². The number of aliphatic carboxylic acids is 1. The lowest BCUT2D eigenvalue weighted by molar-refractivity contribution is -0.138. The lowest BCUT2D eigenvalue weighted by Gasteiger charge is -2.18. The highest BCUT2D eigenvalue weighted by Crippen LogP contribution is 2.17. The molecule has 0 saturated heterocycles. The Morgan fingerprint density at radius 3 is 2.52 bits per heavy atom. The number of benzene rings is 1. The van der Waals surface area contributed by atoms with Crippen LogP contribution in [0.4, 0.5) is 4.39 Å². The van der Waals surface area contributed by atoms with E-state index >= 15 is 0 Å². The fourth-order valence-corrected chi connectivity index (χ4v) is 2.17. The number of hydrogen-bond donors (Lipinski definition) is 3. The first-order valence-electron chi connectivity index (χ1n) is 6.78. The number of amides is 1. The number of phenols is 1. The topological polar surface area (TPSA) is 86.6 Å². The predicted octanol–water partition coefficient (Wildman–Crippen LogP) is 2.40. The molecule has 0 aliphatic carbocycles. The van der Waals surface area contributed by atoms with E-state index in [-0.39, 0.29) is 30.2 Å². The Balaban J connectivity index is 2.65. The Labute approximate surface area is 122 Å². The standard InChI is InChI=1S/C15H20FNO4/c1-9(2)5-10(6-14(19)20)8-17-15(21)12-4-3-11(18)7-13(12)16/h3-4,7,9-10,18H,5-6,8H2,1-2H3,(H,17,21)(H,19,20)/t10-/m0/s1. The number of carbonyl (C=O) groups is 2. The minimum atomic E-state index is -0.925. The molecule has 0 fully saturated rings. The monoisotopic (exact) mass is 297 g/mol.